The van der Waals surface area contributed by atoms with E-state index in [-0.39, 0.29) is 19.0 Å². The van der Waals surface area contributed by atoms with Gasteiger partial charge in [0.1, 0.15) is 0 Å². The van der Waals surface area contributed by atoms with Crippen LogP contribution in [-0.2, 0) is 9.47 Å². The van der Waals surface area contributed by atoms with E-state index in [2.05, 4.69) is 0 Å². The molecule has 1 N–H and O–H groups in total. The van der Waals surface area contributed by atoms with Crippen LogP contribution in [-0.4, -0.2) is 30.7 Å². The Hall–Kier alpha value is -0.120. The van der Waals surface area contributed by atoms with Gasteiger partial charge in [0.05, 0.1) is 12.7 Å². The molecule has 1 aliphatic heterocycles. The molecular formula is C8H14O3. The fourth-order valence-corrected chi connectivity index (χ4v) is 1.38. The van der Waals surface area contributed by atoms with E-state index in [0.29, 0.717) is 18.9 Å². The van der Waals surface area contributed by atoms with Crippen LogP contribution in [0.25, 0.3) is 0 Å². The van der Waals surface area contributed by atoms with Crippen LogP contribution in [0.2, 0.25) is 0 Å². The van der Waals surface area contributed by atoms with Crippen LogP contribution in [0.15, 0.2) is 0 Å². The van der Waals surface area contributed by atoms with Crippen molar-refractivity contribution in [2.24, 2.45) is 5.92 Å². The predicted molar refractivity (Wildman–Crippen MR) is 39.0 cm³/mol. The first-order chi connectivity index (χ1) is 5.40. The lowest BCUT2D eigenvalue weighted by molar-refractivity contribution is -0.0743. The molecule has 2 atom stereocenters. The van der Waals surface area contributed by atoms with Crippen molar-refractivity contribution in [1.82, 2.24) is 0 Å². The van der Waals surface area contributed by atoms with Crippen LogP contribution >= 0.6 is 0 Å². The zero-order valence-corrected chi connectivity index (χ0v) is 6.53. The predicted octanol–water partition coefficient (Wildman–Crippen LogP) is 0.520. The van der Waals surface area contributed by atoms with Gasteiger partial charge in [-0.05, 0) is 19.3 Å². The fraction of sp³-hybridized carbons (Fsp3) is 1.00. The van der Waals surface area contributed by atoms with E-state index in [9.17, 15) is 0 Å². The number of aliphatic hydroxyl groups is 1. The average Bonchev–Trinajstić information content (AvgIpc) is 2.75. The van der Waals surface area contributed by atoms with Crippen LogP contribution in [0.3, 0.4) is 0 Å². The number of rotatable bonds is 3. The molecule has 0 bridgehead atoms. The van der Waals surface area contributed by atoms with Gasteiger partial charge in [0, 0.05) is 12.5 Å². The summed E-state index contributed by atoms with van der Waals surface area (Å²) in [7, 11) is 0. The minimum absolute atomic E-state index is 0.0477. The summed E-state index contributed by atoms with van der Waals surface area (Å²) in [6, 6.07) is 0. The quantitative estimate of drug-likeness (QED) is 0.650. The Morgan fingerprint density at radius 2 is 2.18 bits per heavy atom. The molecule has 1 aliphatic carbocycles. The maximum Gasteiger partial charge on any atom is 0.160 e. The molecule has 2 fully saturated rings. The Bertz CT molecular complexity index is 133. The lowest BCUT2D eigenvalue weighted by Gasteiger charge is -2.08. The average molecular weight is 158 g/mol. The molecule has 0 spiro atoms. The number of hydrogen-bond donors (Lipinski definition) is 1. The van der Waals surface area contributed by atoms with Crippen molar-refractivity contribution < 1.29 is 14.6 Å². The van der Waals surface area contributed by atoms with Gasteiger partial charge in [0.2, 0.25) is 0 Å². The van der Waals surface area contributed by atoms with Crippen LogP contribution in [0, 0.1) is 5.92 Å². The van der Waals surface area contributed by atoms with Crippen LogP contribution in [0.4, 0.5) is 0 Å². The van der Waals surface area contributed by atoms with Crippen molar-refractivity contribution in [3.05, 3.63) is 0 Å². The van der Waals surface area contributed by atoms with Crippen molar-refractivity contribution >= 4 is 0 Å². The lowest BCUT2D eigenvalue weighted by atomic mass is 10.3. The number of hydrogen-bond acceptors (Lipinski definition) is 3. The molecule has 0 radical (unpaired) electrons. The molecular weight excluding hydrogens is 144 g/mol. The molecule has 2 rings (SSSR count). The van der Waals surface area contributed by atoms with Gasteiger partial charge in [-0.2, -0.15) is 0 Å². The Morgan fingerprint density at radius 1 is 1.36 bits per heavy atom. The molecule has 2 unspecified atom stereocenters. The van der Waals surface area contributed by atoms with Crippen molar-refractivity contribution in [3.8, 4) is 0 Å². The summed E-state index contributed by atoms with van der Waals surface area (Å²) < 4.78 is 11.0. The molecule has 0 aromatic rings. The van der Waals surface area contributed by atoms with E-state index in [1.165, 1.54) is 12.8 Å². The topological polar surface area (TPSA) is 38.7 Å². The first kappa shape index (κ1) is 7.53. The van der Waals surface area contributed by atoms with Gasteiger partial charge in [0.25, 0.3) is 0 Å². The van der Waals surface area contributed by atoms with E-state index < -0.39 is 0 Å². The summed E-state index contributed by atoms with van der Waals surface area (Å²) in [5.41, 5.74) is 0. The molecule has 0 aromatic heterocycles. The van der Waals surface area contributed by atoms with Crippen LogP contribution < -0.4 is 0 Å². The highest BCUT2D eigenvalue weighted by atomic mass is 16.7. The summed E-state index contributed by atoms with van der Waals surface area (Å²) in [6.45, 7) is 0.868. The smallest absolute Gasteiger partial charge is 0.160 e. The second kappa shape index (κ2) is 3.09. The van der Waals surface area contributed by atoms with Gasteiger partial charge < -0.3 is 14.6 Å². The molecule has 0 aromatic carbocycles. The third-order valence-corrected chi connectivity index (χ3v) is 2.23. The molecule has 2 aliphatic rings. The van der Waals surface area contributed by atoms with Gasteiger partial charge in [0.15, 0.2) is 6.29 Å². The highest BCUT2D eigenvalue weighted by Crippen LogP contribution is 2.37. The minimum Gasteiger partial charge on any atom is -0.396 e. The van der Waals surface area contributed by atoms with Gasteiger partial charge in [-0.3, -0.25) is 0 Å². The zero-order valence-electron chi connectivity index (χ0n) is 6.53. The van der Waals surface area contributed by atoms with Crippen molar-refractivity contribution in [1.29, 1.82) is 0 Å². The van der Waals surface area contributed by atoms with Gasteiger partial charge in [-0.25, -0.2) is 0 Å². The molecule has 3 heteroatoms. The Balaban J connectivity index is 1.74. The summed E-state index contributed by atoms with van der Waals surface area (Å²) in [6.07, 6.45) is 3.40. The van der Waals surface area contributed by atoms with Crippen LogP contribution in [0.5, 0.6) is 0 Å². The maximum atomic E-state index is 8.63. The number of ether oxygens (including phenoxy) is 2. The Kier molecular flexibility index (Phi) is 2.11. The van der Waals surface area contributed by atoms with Gasteiger partial charge in [-0.1, -0.05) is 0 Å². The first-order valence-corrected chi connectivity index (χ1v) is 4.28. The zero-order chi connectivity index (χ0) is 7.68. The summed E-state index contributed by atoms with van der Waals surface area (Å²) in [5, 5.41) is 8.63. The Labute approximate surface area is 66.3 Å². The molecule has 3 nitrogen and oxygen atoms in total. The number of aliphatic hydroxyl groups excluding tert-OH is 1. The van der Waals surface area contributed by atoms with E-state index in [1.54, 1.807) is 0 Å². The molecule has 11 heavy (non-hydrogen) atoms. The van der Waals surface area contributed by atoms with Crippen molar-refractivity contribution in [2.45, 2.75) is 31.7 Å². The second-order valence-corrected chi connectivity index (χ2v) is 3.31. The molecule has 0 amide bonds. The van der Waals surface area contributed by atoms with E-state index in [0.717, 1.165) is 0 Å². The highest BCUT2D eigenvalue weighted by molar-refractivity contribution is 4.80. The van der Waals surface area contributed by atoms with E-state index in [1.807, 2.05) is 0 Å². The fourth-order valence-electron chi connectivity index (χ4n) is 1.38. The highest BCUT2D eigenvalue weighted by Gasteiger charge is 2.38. The van der Waals surface area contributed by atoms with Crippen molar-refractivity contribution in [2.75, 3.05) is 13.2 Å². The third-order valence-electron chi connectivity index (χ3n) is 2.23. The third kappa shape index (κ3) is 1.72. The van der Waals surface area contributed by atoms with Crippen molar-refractivity contribution in [3.63, 3.8) is 0 Å². The standard InChI is InChI=1S/C8H14O3/c9-4-3-7-5-10-8(11-7)6-1-2-6/h6-9H,1-5H2. The van der Waals surface area contributed by atoms with Gasteiger partial charge in [-0.15, -0.1) is 0 Å². The minimum atomic E-state index is 0.0477. The molecule has 1 saturated carbocycles. The van der Waals surface area contributed by atoms with Gasteiger partial charge >= 0.3 is 0 Å². The molecule has 1 saturated heterocycles. The normalized spacial score (nSPS) is 37.9. The van der Waals surface area contributed by atoms with E-state index in [4.69, 9.17) is 14.6 Å². The molecule has 64 valence electrons. The largest absolute Gasteiger partial charge is 0.396 e. The maximum absolute atomic E-state index is 8.63. The summed E-state index contributed by atoms with van der Waals surface area (Å²) in [5.74, 6) is 0.652. The second-order valence-electron chi connectivity index (χ2n) is 3.31. The van der Waals surface area contributed by atoms with E-state index >= 15 is 0 Å². The monoisotopic (exact) mass is 158 g/mol. The summed E-state index contributed by atoms with van der Waals surface area (Å²) >= 11 is 0. The summed E-state index contributed by atoms with van der Waals surface area (Å²) in [4.78, 5) is 0. The lowest BCUT2D eigenvalue weighted by Crippen LogP contribution is -2.14. The first-order valence-electron chi connectivity index (χ1n) is 4.28. The molecule has 1 heterocycles. The SMILES string of the molecule is OCCC1COC(C2CC2)O1. The van der Waals surface area contributed by atoms with Crippen LogP contribution in [0.1, 0.15) is 19.3 Å². The Morgan fingerprint density at radius 3 is 2.82 bits per heavy atom.